The number of rotatable bonds is 3. The molecule has 3 rings (SSSR count). The van der Waals surface area contributed by atoms with Crippen LogP contribution in [0.15, 0.2) is 0 Å². The fraction of sp³-hybridized carbons (Fsp3) is 1.00. The van der Waals surface area contributed by atoms with Crippen molar-refractivity contribution in [1.29, 1.82) is 0 Å². The first-order chi connectivity index (χ1) is 6.43. The summed E-state index contributed by atoms with van der Waals surface area (Å²) in [4.78, 5) is 0. The van der Waals surface area contributed by atoms with E-state index in [9.17, 15) is 0 Å². The second kappa shape index (κ2) is 3.25. The molecule has 1 heterocycles. The Morgan fingerprint density at radius 2 is 1.85 bits per heavy atom. The molecular formula is C11H19NO. The highest BCUT2D eigenvalue weighted by Gasteiger charge is 2.41. The summed E-state index contributed by atoms with van der Waals surface area (Å²) in [5.41, 5.74) is 0. The molecule has 0 aromatic heterocycles. The van der Waals surface area contributed by atoms with E-state index in [1.54, 1.807) is 0 Å². The van der Waals surface area contributed by atoms with E-state index in [1.165, 1.54) is 38.5 Å². The molecule has 2 unspecified atom stereocenters. The third-order valence-corrected chi connectivity index (χ3v) is 3.78. The Labute approximate surface area is 80.0 Å². The first-order valence-corrected chi connectivity index (χ1v) is 5.81. The average molecular weight is 181 g/mol. The van der Waals surface area contributed by atoms with E-state index < -0.39 is 0 Å². The molecule has 2 atom stereocenters. The van der Waals surface area contributed by atoms with Crippen molar-refractivity contribution >= 4 is 0 Å². The fourth-order valence-electron chi connectivity index (χ4n) is 2.56. The lowest BCUT2D eigenvalue weighted by atomic mass is 9.91. The quantitative estimate of drug-likeness (QED) is 0.715. The molecule has 1 saturated heterocycles. The smallest absolute Gasteiger partial charge is 0.0757 e. The van der Waals surface area contributed by atoms with Crippen LogP contribution in [0.1, 0.15) is 38.5 Å². The van der Waals surface area contributed by atoms with Gasteiger partial charge in [0.1, 0.15) is 0 Å². The van der Waals surface area contributed by atoms with Crippen LogP contribution >= 0.6 is 0 Å². The van der Waals surface area contributed by atoms with Crippen molar-refractivity contribution in [3.63, 3.8) is 0 Å². The van der Waals surface area contributed by atoms with Gasteiger partial charge in [-0.2, -0.15) is 0 Å². The van der Waals surface area contributed by atoms with Crippen molar-refractivity contribution in [2.75, 3.05) is 6.61 Å². The largest absolute Gasteiger partial charge is 0.376 e. The summed E-state index contributed by atoms with van der Waals surface area (Å²) >= 11 is 0. The minimum atomic E-state index is 0.570. The maximum atomic E-state index is 5.80. The topological polar surface area (TPSA) is 21.3 Å². The van der Waals surface area contributed by atoms with Crippen molar-refractivity contribution < 1.29 is 4.74 Å². The first-order valence-electron chi connectivity index (χ1n) is 5.81. The second-order valence-electron chi connectivity index (χ2n) is 4.86. The summed E-state index contributed by atoms with van der Waals surface area (Å²) in [6, 6.07) is 1.52. The van der Waals surface area contributed by atoms with E-state index in [1.807, 2.05) is 0 Å². The van der Waals surface area contributed by atoms with Gasteiger partial charge in [-0.05, 0) is 38.0 Å². The van der Waals surface area contributed by atoms with Crippen LogP contribution in [0.2, 0.25) is 0 Å². The Balaban J connectivity index is 1.54. The van der Waals surface area contributed by atoms with E-state index in [4.69, 9.17) is 4.74 Å². The fourth-order valence-corrected chi connectivity index (χ4v) is 2.56. The summed E-state index contributed by atoms with van der Waals surface area (Å²) in [7, 11) is 0. The molecule has 2 heteroatoms. The Morgan fingerprint density at radius 1 is 1.00 bits per heavy atom. The Kier molecular flexibility index (Phi) is 2.06. The minimum absolute atomic E-state index is 0.570. The van der Waals surface area contributed by atoms with Crippen molar-refractivity contribution in [2.45, 2.75) is 56.7 Å². The van der Waals surface area contributed by atoms with Crippen molar-refractivity contribution in [1.82, 2.24) is 5.32 Å². The first kappa shape index (κ1) is 8.25. The maximum absolute atomic E-state index is 5.80. The van der Waals surface area contributed by atoms with Crippen LogP contribution in [0.25, 0.3) is 0 Å². The summed E-state index contributed by atoms with van der Waals surface area (Å²) in [5, 5.41) is 3.76. The molecule has 0 aromatic rings. The van der Waals surface area contributed by atoms with Gasteiger partial charge >= 0.3 is 0 Å². The molecule has 13 heavy (non-hydrogen) atoms. The van der Waals surface area contributed by atoms with E-state index in [2.05, 4.69) is 5.32 Å². The number of hydrogen-bond acceptors (Lipinski definition) is 2. The second-order valence-corrected chi connectivity index (χ2v) is 4.86. The van der Waals surface area contributed by atoms with Gasteiger partial charge in [0.05, 0.1) is 6.10 Å². The zero-order chi connectivity index (χ0) is 8.67. The molecule has 2 aliphatic carbocycles. The van der Waals surface area contributed by atoms with Crippen LogP contribution in [0.5, 0.6) is 0 Å². The summed E-state index contributed by atoms with van der Waals surface area (Å²) in [5.74, 6) is 0.903. The molecule has 0 aromatic carbocycles. The minimum Gasteiger partial charge on any atom is -0.376 e. The lowest BCUT2D eigenvalue weighted by Gasteiger charge is -2.31. The molecule has 0 bridgehead atoms. The Morgan fingerprint density at radius 3 is 2.46 bits per heavy atom. The molecule has 0 radical (unpaired) electrons. The maximum Gasteiger partial charge on any atom is 0.0757 e. The van der Waals surface area contributed by atoms with Crippen LogP contribution in [-0.4, -0.2) is 24.8 Å². The lowest BCUT2D eigenvalue weighted by Crippen LogP contribution is -2.46. The average Bonchev–Trinajstić information content (AvgIpc) is 2.79. The highest BCUT2D eigenvalue weighted by atomic mass is 16.5. The molecule has 0 amide bonds. The summed E-state index contributed by atoms with van der Waals surface area (Å²) in [6.45, 7) is 0.992. The zero-order valence-corrected chi connectivity index (χ0v) is 8.17. The Hall–Kier alpha value is -0.0800. The molecule has 1 aliphatic heterocycles. The van der Waals surface area contributed by atoms with Gasteiger partial charge in [-0.3, -0.25) is 0 Å². The molecule has 2 saturated carbocycles. The molecular weight excluding hydrogens is 162 g/mol. The molecule has 74 valence electrons. The summed E-state index contributed by atoms with van der Waals surface area (Å²) < 4.78 is 5.80. The van der Waals surface area contributed by atoms with Crippen LogP contribution in [0, 0.1) is 5.92 Å². The normalized spacial score (nSPS) is 40.6. The van der Waals surface area contributed by atoms with E-state index in [-0.39, 0.29) is 0 Å². The highest BCUT2D eigenvalue weighted by molar-refractivity contribution is 4.95. The molecule has 3 aliphatic rings. The number of hydrogen-bond donors (Lipinski definition) is 1. The van der Waals surface area contributed by atoms with Gasteiger partial charge in [-0.1, -0.05) is 6.42 Å². The predicted molar refractivity (Wildman–Crippen MR) is 51.6 cm³/mol. The van der Waals surface area contributed by atoms with E-state index in [0.29, 0.717) is 12.1 Å². The van der Waals surface area contributed by atoms with Crippen molar-refractivity contribution in [3.05, 3.63) is 0 Å². The SMILES string of the molecule is C1CC(NC2CCOC2C2CC2)C1. The molecule has 0 spiro atoms. The van der Waals surface area contributed by atoms with Crippen molar-refractivity contribution in [3.8, 4) is 0 Å². The number of nitrogens with one attached hydrogen (secondary N) is 1. The van der Waals surface area contributed by atoms with Crippen LogP contribution in [0.3, 0.4) is 0 Å². The predicted octanol–water partition coefficient (Wildman–Crippen LogP) is 1.70. The monoisotopic (exact) mass is 181 g/mol. The van der Waals surface area contributed by atoms with Crippen molar-refractivity contribution in [2.24, 2.45) is 5.92 Å². The van der Waals surface area contributed by atoms with E-state index >= 15 is 0 Å². The van der Waals surface area contributed by atoms with Gasteiger partial charge in [0, 0.05) is 18.7 Å². The zero-order valence-electron chi connectivity index (χ0n) is 8.17. The van der Waals surface area contributed by atoms with Gasteiger partial charge < -0.3 is 10.1 Å². The molecule has 1 N–H and O–H groups in total. The molecule has 3 fully saturated rings. The van der Waals surface area contributed by atoms with Crippen LogP contribution < -0.4 is 5.32 Å². The van der Waals surface area contributed by atoms with Gasteiger partial charge in [-0.25, -0.2) is 0 Å². The third-order valence-electron chi connectivity index (χ3n) is 3.78. The van der Waals surface area contributed by atoms with E-state index in [0.717, 1.165) is 18.6 Å². The van der Waals surface area contributed by atoms with Gasteiger partial charge in [0.15, 0.2) is 0 Å². The number of ether oxygens (including phenoxy) is 1. The van der Waals surface area contributed by atoms with Gasteiger partial charge in [0.2, 0.25) is 0 Å². The van der Waals surface area contributed by atoms with Gasteiger partial charge in [-0.15, -0.1) is 0 Å². The summed E-state index contributed by atoms with van der Waals surface area (Å²) in [6.07, 6.45) is 8.86. The van der Waals surface area contributed by atoms with Crippen LogP contribution in [0.4, 0.5) is 0 Å². The Bertz CT molecular complexity index is 187. The third kappa shape index (κ3) is 1.62. The van der Waals surface area contributed by atoms with Crippen LogP contribution in [-0.2, 0) is 4.74 Å². The van der Waals surface area contributed by atoms with Gasteiger partial charge in [0.25, 0.3) is 0 Å². The lowest BCUT2D eigenvalue weighted by molar-refractivity contribution is 0.0761. The molecule has 2 nitrogen and oxygen atoms in total. The highest BCUT2D eigenvalue weighted by Crippen LogP contribution is 2.39. The standard InChI is InChI=1S/C11H19NO/c1-2-9(3-1)12-10-6-7-13-11(10)8-4-5-8/h8-12H,1-7H2.